The van der Waals surface area contributed by atoms with Gasteiger partial charge in [-0.3, -0.25) is 4.90 Å². The third kappa shape index (κ3) is 2.06. The van der Waals surface area contributed by atoms with Gasteiger partial charge in [0, 0.05) is 18.6 Å². The van der Waals surface area contributed by atoms with Crippen molar-refractivity contribution in [3.8, 4) is 0 Å². The molecule has 0 aromatic rings. The van der Waals surface area contributed by atoms with Crippen molar-refractivity contribution in [1.82, 2.24) is 4.90 Å². The van der Waals surface area contributed by atoms with Gasteiger partial charge in [-0.05, 0) is 88.0 Å². The lowest BCUT2D eigenvalue weighted by Gasteiger charge is -2.61. The minimum absolute atomic E-state index is 0.435. The third-order valence-corrected chi connectivity index (χ3v) is 7.01. The van der Waals surface area contributed by atoms with Crippen molar-refractivity contribution in [3.63, 3.8) is 0 Å². The van der Waals surface area contributed by atoms with Gasteiger partial charge in [-0.25, -0.2) is 0 Å². The second-order valence-electron chi connectivity index (χ2n) is 8.35. The molecule has 5 rings (SSSR count). The molecule has 19 heavy (non-hydrogen) atoms. The van der Waals surface area contributed by atoms with Crippen LogP contribution in [-0.2, 0) is 0 Å². The molecular formula is C17H30N2. The zero-order chi connectivity index (χ0) is 13.0. The van der Waals surface area contributed by atoms with Crippen LogP contribution in [0, 0.1) is 23.2 Å². The summed E-state index contributed by atoms with van der Waals surface area (Å²) in [7, 11) is 0. The van der Waals surface area contributed by atoms with Crippen LogP contribution in [0.15, 0.2) is 0 Å². The first kappa shape index (κ1) is 12.6. The molecule has 0 spiro atoms. The summed E-state index contributed by atoms with van der Waals surface area (Å²) in [6.45, 7) is 4.99. The molecule has 108 valence electrons. The Morgan fingerprint density at radius 1 is 1.05 bits per heavy atom. The fraction of sp³-hybridized carbons (Fsp3) is 1.00. The maximum Gasteiger partial charge on any atom is 0.0168 e. The van der Waals surface area contributed by atoms with Gasteiger partial charge in [0.05, 0.1) is 0 Å². The van der Waals surface area contributed by atoms with Crippen LogP contribution >= 0.6 is 0 Å². The van der Waals surface area contributed by atoms with Crippen LogP contribution in [0.2, 0.25) is 0 Å². The molecule has 2 N–H and O–H groups in total. The van der Waals surface area contributed by atoms with E-state index in [0.29, 0.717) is 11.5 Å². The second kappa shape index (κ2) is 4.46. The van der Waals surface area contributed by atoms with Crippen LogP contribution in [0.3, 0.4) is 0 Å². The highest BCUT2D eigenvalue weighted by Crippen LogP contribution is 2.62. The fourth-order valence-electron chi connectivity index (χ4n) is 6.47. The molecule has 0 amide bonds. The zero-order valence-corrected chi connectivity index (χ0v) is 12.5. The van der Waals surface area contributed by atoms with E-state index in [4.69, 9.17) is 5.73 Å². The summed E-state index contributed by atoms with van der Waals surface area (Å²) in [6, 6.07) is 1.22. The van der Waals surface area contributed by atoms with Crippen LogP contribution in [0.5, 0.6) is 0 Å². The smallest absolute Gasteiger partial charge is 0.0168 e. The van der Waals surface area contributed by atoms with Crippen molar-refractivity contribution in [2.24, 2.45) is 28.9 Å². The molecule has 2 nitrogen and oxygen atoms in total. The Morgan fingerprint density at radius 3 is 2.16 bits per heavy atom. The lowest BCUT2D eigenvalue weighted by molar-refractivity contribution is -0.0999. The number of nitrogens with two attached hydrogens (primary N) is 1. The number of piperidine rings is 1. The summed E-state index contributed by atoms with van der Waals surface area (Å²) in [6.07, 6.45) is 11.8. The van der Waals surface area contributed by atoms with Gasteiger partial charge in [-0.2, -0.15) is 0 Å². The maximum atomic E-state index is 6.21. The minimum Gasteiger partial charge on any atom is -0.327 e. The van der Waals surface area contributed by atoms with E-state index >= 15 is 0 Å². The van der Waals surface area contributed by atoms with Gasteiger partial charge >= 0.3 is 0 Å². The number of hydrogen-bond donors (Lipinski definition) is 1. The molecule has 1 heterocycles. The molecule has 0 radical (unpaired) electrons. The summed E-state index contributed by atoms with van der Waals surface area (Å²) in [5.41, 5.74) is 6.89. The second-order valence-corrected chi connectivity index (χ2v) is 8.35. The van der Waals surface area contributed by atoms with Crippen LogP contribution in [-0.4, -0.2) is 30.1 Å². The van der Waals surface area contributed by atoms with Gasteiger partial charge in [0.15, 0.2) is 0 Å². The number of rotatable bonds is 2. The lowest BCUT2D eigenvalue weighted by Crippen LogP contribution is -2.58. The molecule has 1 aliphatic heterocycles. The minimum atomic E-state index is 0.435. The molecule has 0 aromatic carbocycles. The van der Waals surface area contributed by atoms with Gasteiger partial charge in [0.1, 0.15) is 0 Å². The normalized spacial score (nSPS) is 51.5. The Bertz CT molecular complexity index is 316. The molecule has 1 saturated heterocycles. The van der Waals surface area contributed by atoms with Crippen molar-refractivity contribution in [3.05, 3.63) is 0 Å². The van der Waals surface area contributed by atoms with E-state index in [1.807, 2.05) is 0 Å². The first-order valence-corrected chi connectivity index (χ1v) is 8.64. The van der Waals surface area contributed by atoms with Crippen molar-refractivity contribution >= 4 is 0 Å². The van der Waals surface area contributed by atoms with E-state index in [-0.39, 0.29) is 0 Å². The molecule has 4 aliphatic carbocycles. The predicted molar refractivity (Wildman–Crippen MR) is 78.8 cm³/mol. The van der Waals surface area contributed by atoms with Gasteiger partial charge in [-0.1, -0.05) is 0 Å². The molecule has 5 fully saturated rings. The van der Waals surface area contributed by atoms with E-state index in [1.165, 1.54) is 38.6 Å². The summed E-state index contributed by atoms with van der Waals surface area (Å²) in [5.74, 6) is 3.23. The largest absolute Gasteiger partial charge is 0.327 e. The Kier molecular flexibility index (Phi) is 2.97. The van der Waals surface area contributed by atoms with Crippen molar-refractivity contribution < 1.29 is 0 Å². The van der Waals surface area contributed by atoms with Gasteiger partial charge in [0.25, 0.3) is 0 Å². The van der Waals surface area contributed by atoms with Crippen molar-refractivity contribution in [2.45, 2.75) is 70.4 Å². The highest BCUT2D eigenvalue weighted by Gasteiger charge is 2.54. The third-order valence-electron chi connectivity index (χ3n) is 7.01. The van der Waals surface area contributed by atoms with Crippen LogP contribution in [0.4, 0.5) is 0 Å². The average molecular weight is 262 g/mol. The summed E-state index contributed by atoms with van der Waals surface area (Å²) in [5, 5.41) is 0. The van der Waals surface area contributed by atoms with Gasteiger partial charge < -0.3 is 5.73 Å². The molecule has 2 unspecified atom stereocenters. The van der Waals surface area contributed by atoms with Gasteiger partial charge in [-0.15, -0.1) is 0 Å². The highest BCUT2D eigenvalue weighted by atomic mass is 15.2. The average Bonchev–Trinajstić information content (AvgIpc) is 2.36. The SMILES string of the molecule is CC(N1CCCC(N)C1)C12CC3CC(CC(C3)C1)C2. The summed E-state index contributed by atoms with van der Waals surface area (Å²) >= 11 is 0. The molecule has 5 aliphatic rings. The first-order chi connectivity index (χ1) is 9.14. The van der Waals surface area contributed by atoms with E-state index in [9.17, 15) is 0 Å². The molecule has 2 atom stereocenters. The van der Waals surface area contributed by atoms with E-state index in [0.717, 1.165) is 30.3 Å². The Balaban J connectivity index is 1.54. The number of nitrogens with zero attached hydrogens (tertiary/aromatic N) is 1. The van der Waals surface area contributed by atoms with E-state index < -0.39 is 0 Å². The van der Waals surface area contributed by atoms with Crippen molar-refractivity contribution in [2.75, 3.05) is 13.1 Å². The highest BCUT2D eigenvalue weighted by molar-refractivity contribution is 5.06. The zero-order valence-electron chi connectivity index (χ0n) is 12.5. The molecule has 0 aromatic heterocycles. The Hall–Kier alpha value is -0.0800. The molecule has 2 heteroatoms. The molecular weight excluding hydrogens is 232 g/mol. The van der Waals surface area contributed by atoms with Crippen LogP contribution in [0.25, 0.3) is 0 Å². The number of likely N-dealkylation sites (tertiary alicyclic amines) is 1. The lowest BCUT2D eigenvalue weighted by atomic mass is 9.47. The molecule has 4 bridgehead atoms. The summed E-state index contributed by atoms with van der Waals surface area (Å²) in [4.78, 5) is 2.75. The maximum absolute atomic E-state index is 6.21. The van der Waals surface area contributed by atoms with Crippen LogP contribution < -0.4 is 5.73 Å². The monoisotopic (exact) mass is 262 g/mol. The van der Waals surface area contributed by atoms with Crippen molar-refractivity contribution in [1.29, 1.82) is 0 Å². The summed E-state index contributed by atoms with van der Waals surface area (Å²) < 4.78 is 0. The predicted octanol–water partition coefficient (Wildman–Crippen LogP) is 3.01. The quantitative estimate of drug-likeness (QED) is 0.829. The topological polar surface area (TPSA) is 29.3 Å². The first-order valence-electron chi connectivity index (χ1n) is 8.64. The Labute approximate surface area is 118 Å². The van der Waals surface area contributed by atoms with Crippen LogP contribution in [0.1, 0.15) is 58.3 Å². The fourth-order valence-corrected chi connectivity index (χ4v) is 6.47. The molecule has 4 saturated carbocycles. The standard InChI is InChI=1S/C17H30N2/c1-12(19-4-2-3-16(18)11-19)17-8-13-5-14(9-17)7-15(6-13)10-17/h12-16H,2-11,18H2,1H3. The number of hydrogen-bond acceptors (Lipinski definition) is 2. The van der Waals surface area contributed by atoms with Gasteiger partial charge in [0.2, 0.25) is 0 Å². The van der Waals surface area contributed by atoms with E-state index in [1.54, 1.807) is 19.3 Å². The van der Waals surface area contributed by atoms with E-state index in [2.05, 4.69) is 11.8 Å². The Morgan fingerprint density at radius 2 is 1.63 bits per heavy atom.